The molecule has 0 spiro atoms. The molecule has 0 fully saturated rings. The van der Waals surface area contributed by atoms with Gasteiger partial charge in [-0.25, -0.2) is 4.98 Å². The Labute approximate surface area is 102 Å². The molecule has 1 unspecified atom stereocenters. The van der Waals surface area contributed by atoms with Gasteiger partial charge in [-0.1, -0.05) is 19.1 Å². The fourth-order valence-corrected chi connectivity index (χ4v) is 2.06. The summed E-state index contributed by atoms with van der Waals surface area (Å²) < 4.78 is 7.39. The van der Waals surface area contributed by atoms with Gasteiger partial charge in [0.25, 0.3) is 0 Å². The molecule has 92 valence electrons. The summed E-state index contributed by atoms with van der Waals surface area (Å²) in [6.45, 7) is 4.64. The largest absolute Gasteiger partial charge is 0.383 e. The third-order valence-electron chi connectivity index (χ3n) is 2.81. The Bertz CT molecular complexity index is 460. The van der Waals surface area contributed by atoms with Crippen LogP contribution in [0.25, 0.3) is 11.0 Å². The van der Waals surface area contributed by atoms with Crippen LogP contribution in [-0.4, -0.2) is 35.9 Å². The highest BCUT2D eigenvalue weighted by Gasteiger charge is 2.09. The number of aromatic nitrogens is 2. The molecule has 2 rings (SSSR count). The van der Waals surface area contributed by atoms with Crippen LogP contribution in [0.3, 0.4) is 0 Å². The molecule has 2 aromatic rings. The van der Waals surface area contributed by atoms with E-state index in [2.05, 4.69) is 27.9 Å². The van der Waals surface area contributed by atoms with Crippen molar-refractivity contribution in [3.63, 3.8) is 0 Å². The van der Waals surface area contributed by atoms with E-state index in [0.29, 0.717) is 12.6 Å². The minimum atomic E-state index is 0.322. The summed E-state index contributed by atoms with van der Waals surface area (Å²) in [5.41, 5.74) is 2.21. The Balaban J connectivity index is 2.15. The van der Waals surface area contributed by atoms with Crippen molar-refractivity contribution in [3.8, 4) is 0 Å². The maximum absolute atomic E-state index is 5.22. The monoisotopic (exact) mass is 233 g/mol. The van der Waals surface area contributed by atoms with E-state index in [9.17, 15) is 0 Å². The van der Waals surface area contributed by atoms with E-state index in [0.717, 1.165) is 18.6 Å². The van der Waals surface area contributed by atoms with Gasteiger partial charge in [-0.2, -0.15) is 0 Å². The summed E-state index contributed by atoms with van der Waals surface area (Å²) in [4.78, 5) is 4.39. The molecular weight excluding hydrogens is 214 g/mol. The summed E-state index contributed by atoms with van der Waals surface area (Å²) in [5.74, 6) is 0. The number of ether oxygens (including phenoxy) is 1. The Hall–Kier alpha value is -1.39. The van der Waals surface area contributed by atoms with Gasteiger partial charge in [0.15, 0.2) is 0 Å². The first kappa shape index (κ1) is 12.1. The van der Waals surface area contributed by atoms with Gasteiger partial charge in [-0.3, -0.25) is 0 Å². The van der Waals surface area contributed by atoms with Gasteiger partial charge in [0, 0.05) is 19.7 Å². The Kier molecular flexibility index (Phi) is 4.12. The zero-order chi connectivity index (χ0) is 12.1. The number of methoxy groups -OCH3 is 1. The summed E-state index contributed by atoms with van der Waals surface area (Å²) in [6.07, 6.45) is 1.89. The second kappa shape index (κ2) is 5.80. The highest BCUT2D eigenvalue weighted by molar-refractivity contribution is 5.74. The van der Waals surface area contributed by atoms with Crippen LogP contribution in [0.1, 0.15) is 6.92 Å². The molecule has 1 heterocycles. The summed E-state index contributed by atoms with van der Waals surface area (Å²) in [5, 5.41) is 3.41. The molecule has 0 aliphatic carbocycles. The van der Waals surface area contributed by atoms with E-state index in [4.69, 9.17) is 4.74 Å². The molecule has 4 nitrogen and oxygen atoms in total. The first-order chi connectivity index (χ1) is 8.35. The van der Waals surface area contributed by atoms with Crippen molar-refractivity contribution in [3.05, 3.63) is 30.6 Å². The number of imidazole rings is 1. The van der Waals surface area contributed by atoms with E-state index < -0.39 is 0 Å². The van der Waals surface area contributed by atoms with E-state index in [1.165, 1.54) is 5.52 Å². The highest BCUT2D eigenvalue weighted by atomic mass is 16.5. The number of rotatable bonds is 6. The topological polar surface area (TPSA) is 39.1 Å². The second-order valence-corrected chi connectivity index (χ2v) is 4.10. The summed E-state index contributed by atoms with van der Waals surface area (Å²) in [6, 6.07) is 8.50. The molecule has 1 N–H and O–H groups in total. The van der Waals surface area contributed by atoms with Crippen molar-refractivity contribution in [2.24, 2.45) is 0 Å². The average molecular weight is 233 g/mol. The van der Waals surface area contributed by atoms with Gasteiger partial charge in [0.05, 0.1) is 24.0 Å². The molecule has 1 atom stereocenters. The van der Waals surface area contributed by atoms with Crippen LogP contribution in [0.5, 0.6) is 0 Å². The number of nitrogens with zero attached hydrogens (tertiary/aromatic N) is 2. The smallest absolute Gasteiger partial charge is 0.0958 e. The molecule has 0 saturated carbocycles. The van der Waals surface area contributed by atoms with Crippen molar-refractivity contribution in [2.75, 3.05) is 20.3 Å². The lowest BCUT2D eigenvalue weighted by atomic mass is 10.2. The zero-order valence-electron chi connectivity index (χ0n) is 10.4. The van der Waals surface area contributed by atoms with Gasteiger partial charge in [0.1, 0.15) is 0 Å². The average Bonchev–Trinajstić information content (AvgIpc) is 2.74. The second-order valence-electron chi connectivity index (χ2n) is 4.10. The minimum Gasteiger partial charge on any atom is -0.383 e. The lowest BCUT2D eigenvalue weighted by Gasteiger charge is -2.17. The number of likely N-dealkylation sites (N-methyl/N-ethyl adjacent to an activating group) is 1. The predicted octanol–water partition coefficient (Wildman–Crippen LogP) is 1.66. The molecule has 0 amide bonds. The van der Waals surface area contributed by atoms with Crippen molar-refractivity contribution >= 4 is 11.0 Å². The van der Waals surface area contributed by atoms with Crippen LogP contribution >= 0.6 is 0 Å². The molecule has 1 aromatic carbocycles. The normalized spacial score (nSPS) is 13.1. The predicted molar refractivity (Wildman–Crippen MR) is 69.1 cm³/mol. The van der Waals surface area contributed by atoms with Crippen molar-refractivity contribution in [1.29, 1.82) is 0 Å². The molecule has 0 aliphatic heterocycles. The van der Waals surface area contributed by atoms with E-state index >= 15 is 0 Å². The third-order valence-corrected chi connectivity index (χ3v) is 2.81. The number of benzene rings is 1. The van der Waals surface area contributed by atoms with Crippen LogP contribution in [0.15, 0.2) is 30.6 Å². The molecule has 1 aromatic heterocycles. The van der Waals surface area contributed by atoms with E-state index in [1.54, 1.807) is 7.11 Å². The van der Waals surface area contributed by atoms with Crippen LogP contribution in [0.2, 0.25) is 0 Å². The molecule has 0 bridgehead atoms. The number of para-hydroxylation sites is 2. The highest BCUT2D eigenvalue weighted by Crippen LogP contribution is 2.12. The Morgan fingerprint density at radius 1 is 1.41 bits per heavy atom. The van der Waals surface area contributed by atoms with Gasteiger partial charge in [-0.15, -0.1) is 0 Å². The minimum absolute atomic E-state index is 0.322. The van der Waals surface area contributed by atoms with Crippen LogP contribution in [-0.2, 0) is 11.3 Å². The van der Waals surface area contributed by atoms with Crippen LogP contribution in [0, 0.1) is 0 Å². The van der Waals surface area contributed by atoms with E-state index in [-0.39, 0.29) is 0 Å². The fraction of sp³-hybridized carbons (Fsp3) is 0.462. The lowest BCUT2D eigenvalue weighted by molar-refractivity contribution is 0.160. The van der Waals surface area contributed by atoms with Gasteiger partial charge >= 0.3 is 0 Å². The Morgan fingerprint density at radius 2 is 2.24 bits per heavy atom. The summed E-state index contributed by atoms with van der Waals surface area (Å²) in [7, 11) is 1.73. The van der Waals surface area contributed by atoms with Crippen molar-refractivity contribution in [1.82, 2.24) is 14.9 Å². The third kappa shape index (κ3) is 2.84. The van der Waals surface area contributed by atoms with E-state index in [1.807, 2.05) is 24.5 Å². The maximum atomic E-state index is 5.22. The molecule has 0 radical (unpaired) electrons. The lowest BCUT2D eigenvalue weighted by Crippen LogP contribution is -2.36. The number of hydrogen-bond donors (Lipinski definition) is 1. The molecule has 4 heteroatoms. The quantitative estimate of drug-likeness (QED) is 0.824. The van der Waals surface area contributed by atoms with Crippen molar-refractivity contribution < 1.29 is 4.74 Å². The Morgan fingerprint density at radius 3 is 3.00 bits per heavy atom. The van der Waals surface area contributed by atoms with Gasteiger partial charge in [-0.05, 0) is 18.7 Å². The molecule has 17 heavy (non-hydrogen) atoms. The van der Waals surface area contributed by atoms with Crippen molar-refractivity contribution in [2.45, 2.75) is 19.5 Å². The maximum Gasteiger partial charge on any atom is 0.0958 e. The fourth-order valence-electron chi connectivity index (χ4n) is 2.06. The van der Waals surface area contributed by atoms with Gasteiger partial charge < -0.3 is 14.6 Å². The number of hydrogen-bond acceptors (Lipinski definition) is 3. The SMILES string of the molecule is CCNC(COC)Cn1cnc2ccccc21. The van der Waals surface area contributed by atoms with Crippen LogP contribution < -0.4 is 5.32 Å². The first-order valence-electron chi connectivity index (χ1n) is 5.97. The van der Waals surface area contributed by atoms with Crippen LogP contribution in [0.4, 0.5) is 0 Å². The molecule has 0 saturated heterocycles. The first-order valence-corrected chi connectivity index (χ1v) is 5.97. The molecular formula is C13H19N3O. The number of fused-ring (bicyclic) bond motifs is 1. The number of nitrogens with one attached hydrogen (secondary N) is 1. The van der Waals surface area contributed by atoms with Gasteiger partial charge in [0.2, 0.25) is 0 Å². The molecule has 0 aliphatic rings. The standard InChI is InChI=1S/C13H19N3O/c1-3-14-11(9-17-2)8-16-10-15-12-6-4-5-7-13(12)16/h4-7,10-11,14H,3,8-9H2,1-2H3. The summed E-state index contributed by atoms with van der Waals surface area (Å²) >= 11 is 0. The zero-order valence-corrected chi connectivity index (χ0v) is 10.4.